The number of nitrogens with two attached hydrogens (primary N) is 2. The first-order chi connectivity index (χ1) is 8.73. The smallest absolute Gasteiger partial charge is 0.320 e. The fourth-order valence-corrected chi connectivity index (χ4v) is 1.81. The molecule has 0 amide bonds. The van der Waals surface area contributed by atoms with Crippen LogP contribution in [-0.4, -0.2) is 18.8 Å². The summed E-state index contributed by atoms with van der Waals surface area (Å²) in [5, 5.41) is 0. The summed E-state index contributed by atoms with van der Waals surface area (Å²) >= 11 is 0. The van der Waals surface area contributed by atoms with Gasteiger partial charge in [0.25, 0.3) is 0 Å². The van der Waals surface area contributed by atoms with Crippen molar-refractivity contribution in [1.82, 2.24) is 11.0 Å². The van der Waals surface area contributed by atoms with Crippen molar-refractivity contribution in [1.29, 1.82) is 0 Å². The van der Waals surface area contributed by atoms with Gasteiger partial charge < -0.3 is 5.73 Å². The van der Waals surface area contributed by atoms with Crippen LogP contribution in [-0.2, 0) is 0 Å². The molecule has 8 heteroatoms. The second kappa shape index (κ2) is 8.47. The Balaban J connectivity index is 4.64. The molecule has 3 unspecified atom stereocenters. The Hall–Kier alpha value is -0.700. The first kappa shape index (κ1) is 18.3. The molecule has 0 radical (unpaired) electrons. The predicted molar refractivity (Wildman–Crippen MR) is 66.1 cm³/mol. The van der Waals surface area contributed by atoms with E-state index < -0.39 is 30.4 Å². The third kappa shape index (κ3) is 6.86. The lowest BCUT2D eigenvalue weighted by Gasteiger charge is -2.26. The number of rotatable bonds is 8. The Kier molecular flexibility index (Phi) is 8.15. The third-order valence-corrected chi connectivity index (χ3v) is 3.07. The number of hydrogen-bond acceptors (Lipinski definition) is 4. The molecule has 4 nitrogen and oxygen atoms in total. The highest BCUT2D eigenvalue weighted by Crippen LogP contribution is 2.32. The largest absolute Gasteiger partial charge is 0.403 e. The molecule has 0 spiro atoms. The number of nitrogens with one attached hydrogen (secondary N) is 2. The fraction of sp³-hybridized carbons (Fsp3) is 0.818. The molecule has 0 saturated carbocycles. The monoisotopic (exact) mass is 286 g/mol. The van der Waals surface area contributed by atoms with E-state index in [1.807, 2.05) is 0 Å². The van der Waals surface area contributed by atoms with Crippen LogP contribution in [0, 0.1) is 11.8 Å². The molecule has 0 aliphatic rings. The maximum absolute atomic E-state index is 13.7. The molecule has 0 heterocycles. The Morgan fingerprint density at radius 1 is 1.37 bits per heavy atom. The molecule has 0 aliphatic heterocycles. The van der Waals surface area contributed by atoms with Gasteiger partial charge in [-0.3, -0.25) is 5.84 Å². The number of alkyl halides is 3. The number of allylic oxidation sites excluding steroid dienone is 2. The third-order valence-electron chi connectivity index (χ3n) is 3.07. The molecule has 0 rings (SSSR count). The van der Waals surface area contributed by atoms with E-state index in [0.717, 1.165) is 0 Å². The van der Waals surface area contributed by atoms with Gasteiger partial charge in [0.15, 0.2) is 0 Å². The topological polar surface area (TPSA) is 76.1 Å². The van der Waals surface area contributed by atoms with E-state index >= 15 is 0 Å². The Morgan fingerprint density at radius 3 is 2.37 bits per heavy atom. The summed E-state index contributed by atoms with van der Waals surface area (Å²) in [5.41, 5.74) is 9.88. The minimum absolute atomic E-state index is 0.287. The number of hydrazine groups is 2. The molecule has 0 fully saturated rings. The van der Waals surface area contributed by atoms with Crippen molar-refractivity contribution in [2.45, 2.75) is 38.9 Å². The highest BCUT2D eigenvalue weighted by Gasteiger charge is 2.39. The zero-order valence-electron chi connectivity index (χ0n) is 11.1. The minimum Gasteiger partial charge on any atom is -0.320 e. The fourth-order valence-electron chi connectivity index (χ4n) is 1.81. The van der Waals surface area contributed by atoms with Gasteiger partial charge in [-0.05, 0) is 25.7 Å². The van der Waals surface area contributed by atoms with E-state index in [0.29, 0.717) is 13.0 Å². The van der Waals surface area contributed by atoms with E-state index in [1.54, 1.807) is 6.92 Å². The average Bonchev–Trinajstić information content (AvgIpc) is 2.33. The Morgan fingerprint density at radius 2 is 1.95 bits per heavy atom. The van der Waals surface area contributed by atoms with Crippen molar-refractivity contribution in [3.8, 4) is 0 Å². The highest BCUT2D eigenvalue weighted by molar-refractivity contribution is 4.99. The van der Waals surface area contributed by atoms with Crippen LogP contribution in [0.5, 0.6) is 0 Å². The lowest BCUT2D eigenvalue weighted by Crippen LogP contribution is -2.41. The van der Waals surface area contributed by atoms with Gasteiger partial charge in [0.05, 0.1) is 5.83 Å². The number of hydrogen-bond donors (Lipinski definition) is 4. The van der Waals surface area contributed by atoms with Gasteiger partial charge in [0.1, 0.15) is 6.04 Å². The molecule has 0 aromatic heterocycles. The van der Waals surface area contributed by atoms with Crippen LogP contribution in [0.1, 0.15) is 26.7 Å². The van der Waals surface area contributed by atoms with Crippen LogP contribution in [0.25, 0.3) is 0 Å². The molecular weight excluding hydrogens is 264 g/mol. The first-order valence-corrected chi connectivity index (χ1v) is 6.06. The maximum atomic E-state index is 13.7. The van der Waals surface area contributed by atoms with E-state index in [1.165, 1.54) is 13.0 Å². The second-order valence-corrected chi connectivity index (χ2v) is 4.50. The Labute approximate surface area is 110 Å². The summed E-state index contributed by atoms with van der Waals surface area (Å²) < 4.78 is 51.0. The maximum Gasteiger partial charge on any atom is 0.403 e. The van der Waals surface area contributed by atoms with Crippen LogP contribution in [0.4, 0.5) is 17.6 Å². The van der Waals surface area contributed by atoms with Crippen molar-refractivity contribution < 1.29 is 17.6 Å². The molecule has 0 aliphatic carbocycles. The lowest BCUT2D eigenvalue weighted by atomic mass is 9.84. The quantitative estimate of drug-likeness (QED) is 0.237. The Bertz CT molecular complexity index is 280. The molecule has 0 aromatic carbocycles. The summed E-state index contributed by atoms with van der Waals surface area (Å²) in [7, 11) is 0. The van der Waals surface area contributed by atoms with Gasteiger partial charge in [0.2, 0.25) is 0 Å². The molecular formula is C11H22F4N4. The van der Waals surface area contributed by atoms with Crippen molar-refractivity contribution in [2.75, 3.05) is 6.54 Å². The highest BCUT2D eigenvalue weighted by atomic mass is 19.4. The molecule has 19 heavy (non-hydrogen) atoms. The summed E-state index contributed by atoms with van der Waals surface area (Å²) in [6.45, 7) is 3.56. The lowest BCUT2D eigenvalue weighted by molar-refractivity contribution is -0.151. The van der Waals surface area contributed by atoms with Gasteiger partial charge in [-0.2, -0.15) is 18.7 Å². The van der Waals surface area contributed by atoms with Crippen LogP contribution < -0.4 is 22.5 Å². The molecule has 0 saturated heterocycles. The normalized spacial score (nSPS) is 18.2. The van der Waals surface area contributed by atoms with Crippen molar-refractivity contribution in [3.63, 3.8) is 0 Å². The van der Waals surface area contributed by atoms with Crippen molar-refractivity contribution >= 4 is 0 Å². The zero-order valence-corrected chi connectivity index (χ0v) is 11.1. The molecule has 3 atom stereocenters. The van der Waals surface area contributed by atoms with Gasteiger partial charge in [-0.25, -0.2) is 9.82 Å². The summed E-state index contributed by atoms with van der Waals surface area (Å²) in [4.78, 5) is 0. The van der Waals surface area contributed by atoms with Gasteiger partial charge in [-0.15, -0.1) is 0 Å². The van der Waals surface area contributed by atoms with Crippen molar-refractivity contribution in [3.05, 3.63) is 11.9 Å². The molecule has 0 aromatic rings. The van der Waals surface area contributed by atoms with E-state index in [-0.39, 0.29) is 5.92 Å². The molecule has 6 N–H and O–H groups in total. The van der Waals surface area contributed by atoms with Crippen LogP contribution in [0.3, 0.4) is 0 Å². The molecule has 114 valence electrons. The number of halogens is 4. The van der Waals surface area contributed by atoms with Crippen LogP contribution in [0.15, 0.2) is 11.9 Å². The van der Waals surface area contributed by atoms with Crippen LogP contribution in [0.2, 0.25) is 0 Å². The average molecular weight is 286 g/mol. The second-order valence-electron chi connectivity index (χ2n) is 4.50. The van der Waals surface area contributed by atoms with Crippen LogP contribution >= 0.6 is 0 Å². The van der Waals surface area contributed by atoms with Gasteiger partial charge in [0, 0.05) is 12.5 Å². The summed E-state index contributed by atoms with van der Waals surface area (Å²) in [6.07, 6.45) is -3.32. The summed E-state index contributed by atoms with van der Waals surface area (Å²) in [5.74, 6) is 3.30. The van der Waals surface area contributed by atoms with Gasteiger partial charge in [-0.1, -0.05) is 13.0 Å². The zero-order chi connectivity index (χ0) is 15.1. The summed E-state index contributed by atoms with van der Waals surface area (Å²) in [6, 6.07) is -2.02. The van der Waals surface area contributed by atoms with E-state index in [2.05, 4.69) is 11.0 Å². The van der Waals surface area contributed by atoms with E-state index in [4.69, 9.17) is 11.6 Å². The standard InChI is InChI=1S/C11H22F4N4/c1-3-9(12)8(6-10(16)11(13,14)15)7(2)4-5-18-19-17/h3,7-8,10,18-19H,4-6,16-17H2,1-2H3/b9-3+. The first-order valence-electron chi connectivity index (χ1n) is 6.06. The molecule has 0 bridgehead atoms. The minimum atomic E-state index is -4.51. The van der Waals surface area contributed by atoms with Gasteiger partial charge >= 0.3 is 6.18 Å². The van der Waals surface area contributed by atoms with Crippen molar-refractivity contribution in [2.24, 2.45) is 23.4 Å². The SMILES string of the molecule is C/C=C(/F)C(CC(N)C(F)(F)F)C(C)CCNNN. The van der Waals surface area contributed by atoms with E-state index in [9.17, 15) is 17.6 Å². The predicted octanol–water partition coefficient (Wildman–Crippen LogP) is 1.75.